The molecule has 0 aromatic heterocycles. The minimum absolute atomic E-state index is 0.120. The molecule has 3 nitrogen and oxygen atoms in total. The van der Waals surface area contributed by atoms with Gasteiger partial charge in [0.05, 0.1) is 16.8 Å². The van der Waals surface area contributed by atoms with Gasteiger partial charge in [0.25, 0.3) is 0 Å². The fourth-order valence-electron chi connectivity index (χ4n) is 3.27. The Balaban J connectivity index is 2.54. The molecule has 1 fully saturated rings. The Kier molecular flexibility index (Phi) is 4.52. The van der Waals surface area contributed by atoms with Gasteiger partial charge in [0, 0.05) is 0 Å². The van der Waals surface area contributed by atoms with Gasteiger partial charge in [-0.1, -0.05) is 6.92 Å². The topological polar surface area (TPSA) is 60.7 Å². The van der Waals surface area contributed by atoms with Crippen LogP contribution < -0.4 is 0 Å². The van der Waals surface area contributed by atoms with Crippen molar-refractivity contribution in [2.24, 2.45) is 11.8 Å². The van der Waals surface area contributed by atoms with Gasteiger partial charge in [0.15, 0.2) is 0 Å². The van der Waals surface area contributed by atoms with Crippen molar-refractivity contribution in [3.8, 4) is 0 Å². The molecule has 0 bridgehead atoms. The first kappa shape index (κ1) is 15.9. The first-order valence-electron chi connectivity index (χ1n) is 7.13. The van der Waals surface area contributed by atoms with Gasteiger partial charge in [0.1, 0.15) is 0 Å². The van der Waals surface area contributed by atoms with Crippen LogP contribution in [0, 0.1) is 11.8 Å². The maximum Gasteiger partial charge on any atom is 0.0651 e. The van der Waals surface area contributed by atoms with Crippen LogP contribution in [0.2, 0.25) is 0 Å². The largest absolute Gasteiger partial charge is 0.390 e. The second-order valence-corrected chi connectivity index (χ2v) is 7.31. The van der Waals surface area contributed by atoms with E-state index in [1.165, 1.54) is 0 Å². The first-order valence-corrected chi connectivity index (χ1v) is 7.13. The Bertz CT molecular complexity index is 276. The zero-order valence-electron chi connectivity index (χ0n) is 12.5. The van der Waals surface area contributed by atoms with Crippen LogP contribution in [0.5, 0.6) is 0 Å². The van der Waals surface area contributed by atoms with Crippen LogP contribution in [-0.4, -0.2) is 32.1 Å². The van der Waals surface area contributed by atoms with E-state index in [4.69, 9.17) is 0 Å². The molecule has 0 spiro atoms. The maximum atomic E-state index is 10.6. The van der Waals surface area contributed by atoms with Crippen molar-refractivity contribution in [3.63, 3.8) is 0 Å². The van der Waals surface area contributed by atoms with Gasteiger partial charge in [-0.15, -0.1) is 0 Å². The summed E-state index contributed by atoms with van der Waals surface area (Å²) in [5.74, 6) is 0.268. The lowest BCUT2D eigenvalue weighted by molar-refractivity contribution is -0.0583. The monoisotopic (exact) mass is 258 g/mol. The van der Waals surface area contributed by atoms with Crippen molar-refractivity contribution in [3.05, 3.63) is 0 Å². The molecule has 18 heavy (non-hydrogen) atoms. The Morgan fingerprint density at radius 3 is 2.11 bits per heavy atom. The molecule has 0 radical (unpaired) electrons. The van der Waals surface area contributed by atoms with Gasteiger partial charge in [-0.05, 0) is 71.6 Å². The van der Waals surface area contributed by atoms with Crippen LogP contribution in [0.1, 0.15) is 66.7 Å². The maximum absolute atomic E-state index is 10.6. The number of rotatable bonds is 5. The summed E-state index contributed by atoms with van der Waals surface area (Å²) in [4.78, 5) is 0. The number of hydrogen-bond donors (Lipinski definition) is 3. The van der Waals surface area contributed by atoms with Crippen molar-refractivity contribution in [1.82, 2.24) is 0 Å². The lowest BCUT2D eigenvalue weighted by atomic mass is 9.76. The van der Waals surface area contributed by atoms with Crippen molar-refractivity contribution in [2.45, 2.75) is 83.5 Å². The summed E-state index contributed by atoms with van der Waals surface area (Å²) < 4.78 is 0. The zero-order valence-corrected chi connectivity index (χ0v) is 12.5. The molecule has 1 aliphatic rings. The van der Waals surface area contributed by atoms with E-state index in [-0.39, 0.29) is 11.8 Å². The third-order valence-electron chi connectivity index (χ3n) is 4.82. The minimum atomic E-state index is -0.745. The van der Waals surface area contributed by atoms with Crippen LogP contribution in [0.15, 0.2) is 0 Å². The lowest BCUT2D eigenvalue weighted by Crippen LogP contribution is -2.41. The van der Waals surface area contributed by atoms with E-state index in [9.17, 15) is 15.3 Å². The fourth-order valence-corrected chi connectivity index (χ4v) is 3.27. The SMILES string of the molecule is C[C@H]1[C@H]([C@](C)(O)CCCC(C)(C)O)CC[C@@]1(C)O. The molecule has 0 unspecified atom stereocenters. The van der Waals surface area contributed by atoms with Crippen LogP contribution in [0.25, 0.3) is 0 Å². The molecular weight excluding hydrogens is 228 g/mol. The van der Waals surface area contributed by atoms with Gasteiger partial charge in [0.2, 0.25) is 0 Å². The molecule has 0 aromatic rings. The summed E-state index contributed by atoms with van der Waals surface area (Å²) >= 11 is 0. The quantitative estimate of drug-likeness (QED) is 0.710. The van der Waals surface area contributed by atoms with Crippen molar-refractivity contribution in [1.29, 1.82) is 0 Å². The molecule has 0 heterocycles. The highest BCUT2D eigenvalue weighted by Crippen LogP contribution is 2.46. The number of aliphatic hydroxyl groups is 3. The van der Waals surface area contributed by atoms with Crippen LogP contribution >= 0.6 is 0 Å². The van der Waals surface area contributed by atoms with Crippen molar-refractivity contribution < 1.29 is 15.3 Å². The molecule has 1 aliphatic carbocycles. The van der Waals surface area contributed by atoms with E-state index >= 15 is 0 Å². The highest BCUT2D eigenvalue weighted by Gasteiger charge is 2.48. The van der Waals surface area contributed by atoms with E-state index in [1.54, 1.807) is 13.8 Å². The summed E-state index contributed by atoms with van der Waals surface area (Å²) in [5, 5.41) is 30.5. The van der Waals surface area contributed by atoms with E-state index in [0.29, 0.717) is 12.8 Å². The first-order chi connectivity index (χ1) is 7.96. The van der Waals surface area contributed by atoms with Gasteiger partial charge in [-0.25, -0.2) is 0 Å². The molecule has 0 saturated heterocycles. The molecule has 1 saturated carbocycles. The Morgan fingerprint density at radius 2 is 1.72 bits per heavy atom. The smallest absolute Gasteiger partial charge is 0.0651 e. The van der Waals surface area contributed by atoms with Crippen molar-refractivity contribution in [2.75, 3.05) is 0 Å². The van der Waals surface area contributed by atoms with Crippen molar-refractivity contribution >= 4 is 0 Å². The van der Waals surface area contributed by atoms with Crippen LogP contribution in [0.3, 0.4) is 0 Å². The zero-order chi connectivity index (χ0) is 14.2. The molecule has 0 amide bonds. The Morgan fingerprint density at radius 1 is 1.17 bits per heavy atom. The second kappa shape index (κ2) is 5.10. The molecule has 4 atom stereocenters. The predicted molar refractivity (Wildman–Crippen MR) is 73.3 cm³/mol. The normalized spacial score (nSPS) is 36.7. The Hall–Kier alpha value is -0.120. The summed E-state index contributed by atoms with van der Waals surface area (Å²) in [6, 6.07) is 0. The molecular formula is C15H30O3. The molecule has 0 aliphatic heterocycles. The highest BCUT2D eigenvalue weighted by atomic mass is 16.3. The van der Waals surface area contributed by atoms with Gasteiger partial charge in [-0.3, -0.25) is 0 Å². The van der Waals surface area contributed by atoms with Gasteiger partial charge in [-0.2, -0.15) is 0 Å². The average Bonchev–Trinajstić information content (AvgIpc) is 2.39. The fraction of sp³-hybridized carbons (Fsp3) is 1.00. The van der Waals surface area contributed by atoms with Gasteiger partial charge < -0.3 is 15.3 Å². The molecule has 3 heteroatoms. The molecule has 0 aromatic carbocycles. The van der Waals surface area contributed by atoms with E-state index in [1.807, 2.05) is 20.8 Å². The Labute approximate surface area is 111 Å². The average molecular weight is 258 g/mol. The minimum Gasteiger partial charge on any atom is -0.390 e. The summed E-state index contributed by atoms with van der Waals surface area (Å²) in [6.07, 6.45) is 3.83. The summed E-state index contributed by atoms with van der Waals surface area (Å²) in [6.45, 7) is 9.36. The summed E-state index contributed by atoms with van der Waals surface area (Å²) in [5.41, 5.74) is -2.06. The molecule has 3 N–H and O–H groups in total. The van der Waals surface area contributed by atoms with Crippen LogP contribution in [-0.2, 0) is 0 Å². The van der Waals surface area contributed by atoms with E-state index < -0.39 is 16.8 Å². The predicted octanol–water partition coefficient (Wildman–Crippen LogP) is 2.48. The molecule has 108 valence electrons. The molecule has 1 rings (SSSR count). The number of hydrogen-bond acceptors (Lipinski definition) is 3. The third-order valence-corrected chi connectivity index (χ3v) is 4.82. The standard InChI is InChI=1S/C15H30O3/c1-11-12(7-10-14(11,4)17)15(5,18)9-6-8-13(2,3)16/h11-12,16-18H,6-10H2,1-5H3/t11-,12+,14+,15+/m0/s1. The highest BCUT2D eigenvalue weighted by molar-refractivity contribution is 4.99. The van der Waals surface area contributed by atoms with Gasteiger partial charge >= 0.3 is 0 Å². The second-order valence-electron chi connectivity index (χ2n) is 7.31. The third kappa shape index (κ3) is 3.94. The lowest BCUT2D eigenvalue weighted by Gasteiger charge is -2.36. The van der Waals surface area contributed by atoms with Crippen LogP contribution in [0.4, 0.5) is 0 Å². The summed E-state index contributed by atoms with van der Waals surface area (Å²) in [7, 11) is 0. The van der Waals surface area contributed by atoms with E-state index in [2.05, 4.69) is 0 Å². The van der Waals surface area contributed by atoms with E-state index in [0.717, 1.165) is 19.3 Å².